The molecule has 0 saturated carbocycles. The van der Waals surface area contributed by atoms with Crippen LogP contribution in [0.4, 0.5) is 0 Å². The SMILES string of the molecule is COCCNC(=O)CNC(=O)c1c(OC)cccc1OC. The highest BCUT2D eigenvalue weighted by molar-refractivity contribution is 6.01. The lowest BCUT2D eigenvalue weighted by Gasteiger charge is -2.13. The van der Waals surface area contributed by atoms with Gasteiger partial charge in [-0.25, -0.2) is 0 Å². The molecule has 0 radical (unpaired) electrons. The van der Waals surface area contributed by atoms with Crippen LogP contribution in [0.2, 0.25) is 0 Å². The summed E-state index contributed by atoms with van der Waals surface area (Å²) in [6.45, 7) is 0.674. The van der Waals surface area contributed by atoms with Gasteiger partial charge in [0.15, 0.2) is 0 Å². The summed E-state index contributed by atoms with van der Waals surface area (Å²) in [4.78, 5) is 23.7. The van der Waals surface area contributed by atoms with Crippen LogP contribution in [0.25, 0.3) is 0 Å². The number of ether oxygens (including phenoxy) is 3. The van der Waals surface area contributed by atoms with Crippen molar-refractivity contribution in [3.05, 3.63) is 23.8 Å². The second kappa shape index (κ2) is 8.80. The molecular weight excluding hydrogens is 276 g/mol. The number of methoxy groups -OCH3 is 3. The van der Waals surface area contributed by atoms with Crippen molar-refractivity contribution in [3.63, 3.8) is 0 Å². The lowest BCUT2D eigenvalue weighted by Crippen LogP contribution is -2.38. The van der Waals surface area contributed by atoms with Crippen molar-refractivity contribution in [2.75, 3.05) is 41.0 Å². The molecule has 0 fully saturated rings. The highest BCUT2D eigenvalue weighted by Crippen LogP contribution is 2.27. The van der Waals surface area contributed by atoms with E-state index in [1.165, 1.54) is 14.2 Å². The van der Waals surface area contributed by atoms with E-state index in [0.29, 0.717) is 24.7 Å². The summed E-state index contributed by atoms with van der Waals surface area (Å²) < 4.78 is 15.1. The largest absolute Gasteiger partial charge is 0.496 e. The second-order valence-corrected chi connectivity index (χ2v) is 4.06. The van der Waals surface area contributed by atoms with Crippen LogP contribution in [0.1, 0.15) is 10.4 Å². The first-order chi connectivity index (χ1) is 10.1. The lowest BCUT2D eigenvalue weighted by molar-refractivity contribution is -0.120. The lowest BCUT2D eigenvalue weighted by atomic mass is 10.1. The predicted octanol–water partition coefficient (Wildman–Crippen LogP) is 0.196. The van der Waals surface area contributed by atoms with Crippen LogP contribution in [0, 0.1) is 0 Å². The maximum absolute atomic E-state index is 12.2. The Bertz CT molecular complexity index is 468. The highest BCUT2D eigenvalue weighted by atomic mass is 16.5. The van der Waals surface area contributed by atoms with Crippen molar-refractivity contribution in [3.8, 4) is 11.5 Å². The zero-order valence-corrected chi connectivity index (χ0v) is 12.4. The van der Waals surface area contributed by atoms with Gasteiger partial charge in [0.05, 0.1) is 27.4 Å². The molecule has 7 heteroatoms. The van der Waals surface area contributed by atoms with E-state index in [-0.39, 0.29) is 18.0 Å². The fourth-order valence-corrected chi connectivity index (χ4v) is 1.68. The molecule has 116 valence electrons. The molecule has 0 unspecified atom stereocenters. The van der Waals surface area contributed by atoms with Gasteiger partial charge in [-0.3, -0.25) is 9.59 Å². The van der Waals surface area contributed by atoms with Gasteiger partial charge in [-0.1, -0.05) is 6.07 Å². The number of carbonyl (C=O) groups is 2. The van der Waals surface area contributed by atoms with Crippen molar-refractivity contribution in [1.82, 2.24) is 10.6 Å². The molecule has 1 aromatic carbocycles. The molecule has 21 heavy (non-hydrogen) atoms. The maximum atomic E-state index is 12.2. The van der Waals surface area contributed by atoms with Gasteiger partial charge >= 0.3 is 0 Å². The predicted molar refractivity (Wildman–Crippen MR) is 76.8 cm³/mol. The molecule has 0 atom stereocenters. The molecule has 0 saturated heterocycles. The van der Waals surface area contributed by atoms with E-state index in [4.69, 9.17) is 14.2 Å². The summed E-state index contributed by atoms with van der Waals surface area (Å²) in [5, 5.41) is 5.13. The van der Waals surface area contributed by atoms with E-state index in [9.17, 15) is 9.59 Å². The Hall–Kier alpha value is -2.28. The van der Waals surface area contributed by atoms with Crippen molar-refractivity contribution < 1.29 is 23.8 Å². The minimum absolute atomic E-state index is 0.135. The summed E-state index contributed by atoms with van der Waals surface area (Å²) in [6, 6.07) is 5.01. The van der Waals surface area contributed by atoms with E-state index in [1.54, 1.807) is 25.3 Å². The van der Waals surface area contributed by atoms with E-state index < -0.39 is 5.91 Å². The first kappa shape index (κ1) is 16.8. The third-order valence-corrected chi connectivity index (χ3v) is 2.69. The second-order valence-electron chi connectivity index (χ2n) is 4.06. The summed E-state index contributed by atoms with van der Waals surface area (Å²) in [5.41, 5.74) is 0.257. The maximum Gasteiger partial charge on any atom is 0.259 e. The van der Waals surface area contributed by atoms with Gasteiger partial charge in [-0.2, -0.15) is 0 Å². The van der Waals surface area contributed by atoms with Gasteiger partial charge in [-0.05, 0) is 12.1 Å². The van der Waals surface area contributed by atoms with Crippen LogP contribution in [-0.4, -0.2) is 52.8 Å². The van der Waals surface area contributed by atoms with Gasteiger partial charge in [-0.15, -0.1) is 0 Å². The molecule has 1 aromatic rings. The van der Waals surface area contributed by atoms with Crippen molar-refractivity contribution in [2.45, 2.75) is 0 Å². The first-order valence-electron chi connectivity index (χ1n) is 6.38. The number of hydrogen-bond acceptors (Lipinski definition) is 5. The average molecular weight is 296 g/mol. The first-order valence-corrected chi connectivity index (χ1v) is 6.38. The molecule has 0 bridgehead atoms. The van der Waals surface area contributed by atoms with Crippen LogP contribution in [0.3, 0.4) is 0 Å². The van der Waals surface area contributed by atoms with Gasteiger partial charge < -0.3 is 24.8 Å². The van der Waals surface area contributed by atoms with Crippen LogP contribution in [0.5, 0.6) is 11.5 Å². The third kappa shape index (κ3) is 4.96. The number of carbonyl (C=O) groups excluding carboxylic acids is 2. The fraction of sp³-hybridized carbons (Fsp3) is 0.429. The monoisotopic (exact) mass is 296 g/mol. The number of hydrogen-bond donors (Lipinski definition) is 2. The summed E-state index contributed by atoms with van der Waals surface area (Å²) in [7, 11) is 4.47. The Morgan fingerprint density at radius 2 is 1.67 bits per heavy atom. The zero-order valence-electron chi connectivity index (χ0n) is 12.4. The molecule has 0 aliphatic carbocycles. The van der Waals surface area contributed by atoms with E-state index in [0.717, 1.165) is 0 Å². The van der Waals surface area contributed by atoms with E-state index >= 15 is 0 Å². The van der Waals surface area contributed by atoms with Gasteiger partial charge in [0.25, 0.3) is 5.91 Å². The van der Waals surface area contributed by atoms with Crippen LogP contribution >= 0.6 is 0 Å². The number of amides is 2. The molecule has 2 N–H and O–H groups in total. The Morgan fingerprint density at radius 1 is 1.05 bits per heavy atom. The zero-order chi connectivity index (χ0) is 15.7. The van der Waals surface area contributed by atoms with Gasteiger partial charge in [0.2, 0.25) is 5.91 Å². The molecular formula is C14H20N2O5. The number of benzene rings is 1. The molecule has 2 amide bonds. The molecule has 0 aliphatic heterocycles. The Morgan fingerprint density at radius 3 is 2.19 bits per heavy atom. The standard InChI is InChI=1S/C14H20N2O5/c1-19-8-7-15-12(17)9-16-14(18)13-10(20-2)5-4-6-11(13)21-3/h4-6H,7-9H2,1-3H3,(H,15,17)(H,16,18). The summed E-state index contributed by atoms with van der Waals surface area (Å²) in [5.74, 6) is 0.0266. The van der Waals surface area contributed by atoms with Crippen LogP contribution in [-0.2, 0) is 9.53 Å². The molecule has 1 rings (SSSR count). The minimum atomic E-state index is -0.439. The molecule has 0 heterocycles. The van der Waals surface area contributed by atoms with E-state index in [1.807, 2.05) is 0 Å². The number of nitrogens with one attached hydrogen (secondary N) is 2. The minimum Gasteiger partial charge on any atom is -0.496 e. The van der Waals surface area contributed by atoms with Gasteiger partial charge in [0.1, 0.15) is 17.1 Å². The summed E-state index contributed by atoms with van der Waals surface area (Å²) >= 11 is 0. The van der Waals surface area contributed by atoms with Crippen LogP contribution in [0.15, 0.2) is 18.2 Å². The van der Waals surface area contributed by atoms with Crippen LogP contribution < -0.4 is 20.1 Å². The average Bonchev–Trinajstić information content (AvgIpc) is 2.51. The van der Waals surface area contributed by atoms with E-state index in [2.05, 4.69) is 10.6 Å². The topological polar surface area (TPSA) is 85.9 Å². The quantitative estimate of drug-likeness (QED) is 0.669. The number of rotatable bonds is 8. The molecule has 0 spiro atoms. The fourth-order valence-electron chi connectivity index (χ4n) is 1.68. The van der Waals surface area contributed by atoms with Crippen molar-refractivity contribution in [2.24, 2.45) is 0 Å². The third-order valence-electron chi connectivity index (χ3n) is 2.69. The Balaban J connectivity index is 2.65. The molecule has 0 aromatic heterocycles. The van der Waals surface area contributed by atoms with Crippen molar-refractivity contribution >= 4 is 11.8 Å². The highest BCUT2D eigenvalue weighted by Gasteiger charge is 2.18. The van der Waals surface area contributed by atoms with Crippen molar-refractivity contribution in [1.29, 1.82) is 0 Å². The normalized spacial score (nSPS) is 9.86. The smallest absolute Gasteiger partial charge is 0.259 e. The Labute approximate surface area is 123 Å². The summed E-state index contributed by atoms with van der Waals surface area (Å²) in [6.07, 6.45) is 0. The Kier molecular flexibility index (Phi) is 7.03. The molecule has 7 nitrogen and oxygen atoms in total. The molecule has 0 aliphatic rings. The van der Waals surface area contributed by atoms with Gasteiger partial charge in [0, 0.05) is 13.7 Å².